The molecule has 0 aliphatic carbocycles. The zero-order chi connectivity index (χ0) is 23.6. The van der Waals surface area contributed by atoms with Crippen molar-refractivity contribution in [3.8, 4) is 5.75 Å². The van der Waals surface area contributed by atoms with Crippen molar-refractivity contribution in [3.05, 3.63) is 98.7 Å². The number of carbonyl (C=O) groups excluding carboxylic acids is 2. The van der Waals surface area contributed by atoms with E-state index in [0.29, 0.717) is 17.4 Å². The Kier molecular flexibility index (Phi) is 8.97. The van der Waals surface area contributed by atoms with E-state index in [-0.39, 0.29) is 24.4 Å². The lowest BCUT2D eigenvalue weighted by atomic mass is 10.2. The minimum atomic E-state index is -0.615. The first-order valence-electron chi connectivity index (χ1n) is 9.94. The topological polar surface area (TPSA) is 79.8 Å². The monoisotopic (exact) mass is 531 g/mol. The van der Waals surface area contributed by atoms with E-state index in [4.69, 9.17) is 16.3 Å². The van der Waals surface area contributed by atoms with Gasteiger partial charge in [-0.1, -0.05) is 41.9 Å². The van der Waals surface area contributed by atoms with E-state index in [0.717, 1.165) is 15.6 Å². The molecular weight excluding hydrogens is 513 g/mol. The van der Waals surface area contributed by atoms with Crippen molar-refractivity contribution in [2.45, 2.75) is 13.0 Å². The maximum Gasteiger partial charge on any atom is 0.254 e. The van der Waals surface area contributed by atoms with Crippen molar-refractivity contribution in [3.63, 3.8) is 0 Å². The van der Waals surface area contributed by atoms with Gasteiger partial charge in [-0.25, -0.2) is 9.82 Å². The number of amides is 2. The molecule has 3 aromatic carbocycles. The maximum absolute atomic E-state index is 13.6. The van der Waals surface area contributed by atoms with Crippen LogP contribution in [0.25, 0.3) is 0 Å². The van der Waals surface area contributed by atoms with Crippen LogP contribution in [0.5, 0.6) is 5.75 Å². The third-order valence-corrected chi connectivity index (χ3v) is 5.44. The first kappa shape index (κ1) is 24.4. The Hall–Kier alpha value is -3.23. The molecule has 33 heavy (non-hydrogen) atoms. The molecule has 0 aliphatic rings. The van der Waals surface area contributed by atoms with Crippen molar-refractivity contribution in [2.75, 3.05) is 6.54 Å². The average molecular weight is 533 g/mol. The highest BCUT2D eigenvalue weighted by Gasteiger charge is 2.10. The molecule has 3 rings (SSSR count). The van der Waals surface area contributed by atoms with Gasteiger partial charge in [-0.05, 0) is 57.9 Å². The SMILES string of the molecule is O=C(CCNC(=O)c1ccccc1F)NN=Cc1ccc(OCc2ccccc2Cl)c(Br)c1. The van der Waals surface area contributed by atoms with Crippen molar-refractivity contribution in [2.24, 2.45) is 5.10 Å². The molecule has 0 aliphatic heterocycles. The van der Waals surface area contributed by atoms with E-state index in [9.17, 15) is 14.0 Å². The van der Waals surface area contributed by atoms with E-state index in [1.807, 2.05) is 18.2 Å². The summed E-state index contributed by atoms with van der Waals surface area (Å²) in [4.78, 5) is 23.8. The molecule has 9 heteroatoms. The molecule has 6 nitrogen and oxygen atoms in total. The number of hydrogen-bond donors (Lipinski definition) is 2. The first-order valence-corrected chi connectivity index (χ1v) is 11.1. The molecule has 0 heterocycles. The summed E-state index contributed by atoms with van der Waals surface area (Å²) in [5, 5.41) is 7.05. The lowest BCUT2D eigenvalue weighted by molar-refractivity contribution is -0.120. The van der Waals surface area contributed by atoms with Gasteiger partial charge in [-0.2, -0.15) is 5.10 Å². The Labute approximate surface area is 203 Å². The minimum absolute atomic E-state index is 0.00392. The van der Waals surface area contributed by atoms with Crippen LogP contribution in [0.1, 0.15) is 27.9 Å². The van der Waals surface area contributed by atoms with E-state index in [1.165, 1.54) is 24.4 Å². The van der Waals surface area contributed by atoms with E-state index in [2.05, 4.69) is 31.8 Å². The molecule has 2 N–H and O–H groups in total. The van der Waals surface area contributed by atoms with Crippen molar-refractivity contribution >= 4 is 45.6 Å². The van der Waals surface area contributed by atoms with E-state index in [1.54, 1.807) is 30.3 Å². The predicted octanol–water partition coefficient (Wildman–Crippen LogP) is 5.09. The number of nitrogens with one attached hydrogen (secondary N) is 2. The third kappa shape index (κ3) is 7.40. The number of benzene rings is 3. The average Bonchev–Trinajstić information content (AvgIpc) is 2.80. The Morgan fingerprint density at radius 3 is 2.61 bits per heavy atom. The van der Waals surface area contributed by atoms with Crippen molar-refractivity contribution < 1.29 is 18.7 Å². The fraction of sp³-hybridized carbons (Fsp3) is 0.125. The smallest absolute Gasteiger partial charge is 0.254 e. The first-order chi connectivity index (χ1) is 15.9. The fourth-order valence-corrected chi connectivity index (χ4v) is 3.45. The molecule has 3 aromatic rings. The molecule has 0 unspecified atom stereocenters. The Balaban J connectivity index is 1.43. The summed E-state index contributed by atoms with van der Waals surface area (Å²) in [5.74, 6) is -0.942. The number of rotatable bonds is 9. The van der Waals surface area contributed by atoms with Crippen LogP contribution in [-0.2, 0) is 11.4 Å². The van der Waals surface area contributed by atoms with E-state index < -0.39 is 11.7 Å². The largest absolute Gasteiger partial charge is 0.488 e. The number of nitrogens with zero attached hydrogens (tertiary/aromatic N) is 1. The summed E-state index contributed by atoms with van der Waals surface area (Å²) in [6.45, 7) is 0.382. The molecule has 0 spiro atoms. The van der Waals surface area contributed by atoms with Crippen LogP contribution in [0.4, 0.5) is 4.39 Å². The number of halogens is 3. The molecule has 0 aromatic heterocycles. The van der Waals surface area contributed by atoms with Crippen LogP contribution in [-0.4, -0.2) is 24.6 Å². The molecule has 170 valence electrons. The Bertz CT molecular complexity index is 1170. The summed E-state index contributed by atoms with van der Waals surface area (Å²) in [5.41, 5.74) is 3.93. The van der Waals surface area contributed by atoms with Gasteiger partial charge in [0.2, 0.25) is 5.91 Å². The predicted molar refractivity (Wildman–Crippen MR) is 129 cm³/mol. The second-order valence-corrected chi connectivity index (χ2v) is 8.11. The molecule has 0 fully saturated rings. The summed E-state index contributed by atoms with van der Waals surface area (Å²) in [6, 6.07) is 18.5. The molecule has 0 saturated carbocycles. The number of hydrogen-bond acceptors (Lipinski definition) is 4. The zero-order valence-electron chi connectivity index (χ0n) is 17.4. The normalized spacial score (nSPS) is 10.8. The molecule has 2 amide bonds. The number of ether oxygens (including phenoxy) is 1. The molecule has 0 bridgehead atoms. The second-order valence-electron chi connectivity index (χ2n) is 6.85. The standard InChI is InChI=1S/C24H20BrClFN3O3/c25-19-13-16(9-10-22(19)33-15-17-5-1-3-7-20(17)26)14-29-30-23(31)11-12-28-24(32)18-6-2-4-8-21(18)27/h1-10,13-14H,11-12,15H2,(H,28,32)(H,30,31). The van der Waals surface area contributed by atoms with Crippen LogP contribution >= 0.6 is 27.5 Å². The summed E-state index contributed by atoms with van der Waals surface area (Å²) in [6.07, 6.45) is 1.48. The lowest BCUT2D eigenvalue weighted by Gasteiger charge is -2.10. The van der Waals surface area contributed by atoms with Crippen molar-refractivity contribution in [1.82, 2.24) is 10.7 Å². The van der Waals surface area contributed by atoms with Crippen LogP contribution in [0.3, 0.4) is 0 Å². The highest BCUT2D eigenvalue weighted by molar-refractivity contribution is 9.10. The minimum Gasteiger partial charge on any atom is -0.488 e. The summed E-state index contributed by atoms with van der Waals surface area (Å²) >= 11 is 9.60. The van der Waals surface area contributed by atoms with Gasteiger partial charge in [0.05, 0.1) is 16.3 Å². The molecular formula is C24H20BrClFN3O3. The van der Waals surface area contributed by atoms with Crippen LogP contribution < -0.4 is 15.5 Å². The number of hydrazone groups is 1. The maximum atomic E-state index is 13.6. The molecule has 0 atom stereocenters. The van der Waals surface area contributed by atoms with Crippen LogP contribution in [0.15, 0.2) is 76.3 Å². The summed E-state index contributed by atoms with van der Waals surface area (Å²) < 4.78 is 20.1. The van der Waals surface area contributed by atoms with Gasteiger partial charge in [-0.15, -0.1) is 0 Å². The third-order valence-electron chi connectivity index (χ3n) is 4.46. The van der Waals surface area contributed by atoms with Gasteiger partial charge in [-0.3, -0.25) is 9.59 Å². The molecule has 0 saturated heterocycles. The Morgan fingerprint density at radius 2 is 1.85 bits per heavy atom. The van der Waals surface area contributed by atoms with Crippen molar-refractivity contribution in [1.29, 1.82) is 0 Å². The van der Waals surface area contributed by atoms with Gasteiger partial charge in [0, 0.05) is 23.6 Å². The van der Waals surface area contributed by atoms with Crippen LogP contribution in [0.2, 0.25) is 5.02 Å². The van der Waals surface area contributed by atoms with Gasteiger partial charge < -0.3 is 10.1 Å². The van der Waals surface area contributed by atoms with E-state index >= 15 is 0 Å². The highest BCUT2D eigenvalue weighted by Crippen LogP contribution is 2.27. The van der Waals surface area contributed by atoms with Gasteiger partial charge in [0.1, 0.15) is 18.2 Å². The van der Waals surface area contributed by atoms with Gasteiger partial charge >= 0.3 is 0 Å². The quantitative estimate of drug-likeness (QED) is 0.298. The number of carbonyl (C=O) groups is 2. The van der Waals surface area contributed by atoms with Gasteiger partial charge in [0.25, 0.3) is 5.91 Å². The highest BCUT2D eigenvalue weighted by atomic mass is 79.9. The summed E-state index contributed by atoms with van der Waals surface area (Å²) in [7, 11) is 0. The van der Waals surface area contributed by atoms with Crippen LogP contribution in [0, 0.1) is 5.82 Å². The second kappa shape index (κ2) is 12.1. The molecule has 0 radical (unpaired) electrons. The zero-order valence-corrected chi connectivity index (χ0v) is 19.7. The lowest BCUT2D eigenvalue weighted by Crippen LogP contribution is -2.29. The fourth-order valence-electron chi connectivity index (χ4n) is 2.75. The Morgan fingerprint density at radius 1 is 1.09 bits per heavy atom. The van der Waals surface area contributed by atoms with Gasteiger partial charge in [0.15, 0.2) is 0 Å².